The van der Waals surface area contributed by atoms with Crippen molar-refractivity contribution in [1.82, 2.24) is 4.98 Å². The number of fused-ring (bicyclic) bond motifs is 2. The van der Waals surface area contributed by atoms with E-state index >= 15 is 0 Å². The molecule has 1 N–H and O–H groups in total. The van der Waals surface area contributed by atoms with Crippen LogP contribution in [-0.2, 0) is 20.8 Å². The van der Waals surface area contributed by atoms with Gasteiger partial charge in [-0.2, -0.15) is 0 Å². The van der Waals surface area contributed by atoms with Crippen molar-refractivity contribution in [2.45, 2.75) is 31.9 Å². The number of amides is 1. The maximum absolute atomic E-state index is 13.5. The number of hydrogen-bond donors (Lipinski definition) is 1. The first kappa shape index (κ1) is 18.4. The normalized spacial score (nSPS) is 21.6. The summed E-state index contributed by atoms with van der Waals surface area (Å²) in [5.41, 5.74) is 3.88. The average Bonchev–Trinajstić information content (AvgIpc) is 2.96. The standard InChI is InChI=1S/C22H26N4O3/c27-22(20-5-1-2-11-29-20)26-15-16-4-3-8-23-21(16)24-18-7-6-17(14-19(18)26)25-9-12-28-13-10-25/h3-4,6-8,14,20H,1-2,5,9-13,15H2,(H,23,24)/t20-/m0/s1. The summed E-state index contributed by atoms with van der Waals surface area (Å²) in [4.78, 5) is 22.2. The molecule has 0 saturated carbocycles. The van der Waals surface area contributed by atoms with E-state index in [4.69, 9.17) is 9.47 Å². The van der Waals surface area contributed by atoms with E-state index in [1.807, 2.05) is 23.1 Å². The van der Waals surface area contributed by atoms with Gasteiger partial charge in [0.1, 0.15) is 11.9 Å². The van der Waals surface area contributed by atoms with Crippen LogP contribution in [0.25, 0.3) is 0 Å². The molecule has 2 aromatic rings. The summed E-state index contributed by atoms with van der Waals surface area (Å²) in [6.45, 7) is 4.30. The van der Waals surface area contributed by atoms with Crippen LogP contribution in [0.4, 0.5) is 22.9 Å². The van der Waals surface area contributed by atoms with Crippen LogP contribution in [0.1, 0.15) is 24.8 Å². The van der Waals surface area contributed by atoms with E-state index in [0.29, 0.717) is 13.2 Å². The average molecular weight is 394 g/mol. The fraction of sp³-hybridized carbons (Fsp3) is 0.455. The largest absolute Gasteiger partial charge is 0.378 e. The summed E-state index contributed by atoms with van der Waals surface area (Å²) in [5, 5.41) is 3.43. The molecule has 3 aliphatic rings. The number of nitrogens with zero attached hydrogens (tertiary/aromatic N) is 3. The molecule has 2 saturated heterocycles. The van der Waals surface area contributed by atoms with Crippen LogP contribution in [0, 0.1) is 0 Å². The third kappa shape index (κ3) is 3.68. The summed E-state index contributed by atoms with van der Waals surface area (Å²) in [6, 6.07) is 10.2. The van der Waals surface area contributed by atoms with Gasteiger partial charge in [-0.15, -0.1) is 0 Å². The summed E-state index contributed by atoms with van der Waals surface area (Å²) >= 11 is 0. The van der Waals surface area contributed by atoms with Gasteiger partial charge in [-0.3, -0.25) is 4.79 Å². The van der Waals surface area contributed by atoms with Gasteiger partial charge in [0, 0.05) is 37.1 Å². The number of nitrogens with one attached hydrogen (secondary N) is 1. The maximum atomic E-state index is 13.5. The lowest BCUT2D eigenvalue weighted by Crippen LogP contribution is -2.42. The molecule has 3 aliphatic heterocycles. The Morgan fingerprint density at radius 2 is 2.03 bits per heavy atom. The number of ether oxygens (including phenoxy) is 2. The lowest BCUT2D eigenvalue weighted by atomic mass is 10.1. The predicted molar refractivity (Wildman–Crippen MR) is 112 cm³/mol. The van der Waals surface area contributed by atoms with Crippen molar-refractivity contribution in [3.05, 3.63) is 42.1 Å². The van der Waals surface area contributed by atoms with Gasteiger partial charge >= 0.3 is 0 Å². The quantitative estimate of drug-likeness (QED) is 0.844. The second-order valence-electron chi connectivity index (χ2n) is 7.72. The molecule has 0 bridgehead atoms. The molecule has 1 aromatic heterocycles. The van der Waals surface area contributed by atoms with Crippen LogP contribution < -0.4 is 15.1 Å². The number of carbonyl (C=O) groups is 1. The van der Waals surface area contributed by atoms with Crippen LogP contribution in [0.2, 0.25) is 0 Å². The third-order valence-electron chi connectivity index (χ3n) is 5.84. The van der Waals surface area contributed by atoms with Crippen molar-refractivity contribution in [3.63, 3.8) is 0 Å². The molecule has 7 heteroatoms. The Hall–Kier alpha value is -2.64. The minimum atomic E-state index is -0.373. The van der Waals surface area contributed by atoms with Gasteiger partial charge < -0.3 is 24.6 Å². The van der Waals surface area contributed by atoms with Crippen molar-refractivity contribution in [2.75, 3.05) is 48.0 Å². The number of morpholine rings is 1. The van der Waals surface area contributed by atoms with Crippen LogP contribution in [0.5, 0.6) is 0 Å². The second-order valence-corrected chi connectivity index (χ2v) is 7.72. The Morgan fingerprint density at radius 1 is 1.14 bits per heavy atom. The number of aromatic nitrogens is 1. The van der Waals surface area contributed by atoms with Gasteiger partial charge in [-0.05, 0) is 43.5 Å². The summed E-state index contributed by atoms with van der Waals surface area (Å²) < 4.78 is 11.3. The summed E-state index contributed by atoms with van der Waals surface area (Å²) in [6.07, 6.45) is 4.23. The van der Waals surface area contributed by atoms with Gasteiger partial charge in [0.2, 0.25) is 0 Å². The molecule has 1 amide bonds. The van der Waals surface area contributed by atoms with Gasteiger partial charge in [0.25, 0.3) is 5.91 Å². The predicted octanol–water partition coefficient (Wildman–Crippen LogP) is 3.08. The van der Waals surface area contributed by atoms with E-state index in [1.54, 1.807) is 6.20 Å². The van der Waals surface area contributed by atoms with Crippen LogP contribution in [-0.4, -0.2) is 49.9 Å². The molecule has 1 atom stereocenters. The highest BCUT2D eigenvalue weighted by atomic mass is 16.5. The van der Waals surface area contributed by atoms with E-state index in [1.165, 1.54) is 0 Å². The molecule has 0 radical (unpaired) electrons. The molecular formula is C22H26N4O3. The summed E-state index contributed by atoms with van der Waals surface area (Å²) in [5.74, 6) is 0.830. The highest BCUT2D eigenvalue weighted by Crippen LogP contribution is 2.38. The number of anilines is 4. The van der Waals surface area contributed by atoms with E-state index in [9.17, 15) is 4.79 Å². The maximum Gasteiger partial charge on any atom is 0.256 e. The fourth-order valence-corrected chi connectivity index (χ4v) is 4.24. The van der Waals surface area contributed by atoms with Crippen molar-refractivity contribution in [2.24, 2.45) is 0 Å². The topological polar surface area (TPSA) is 66.9 Å². The van der Waals surface area contributed by atoms with Crippen molar-refractivity contribution < 1.29 is 14.3 Å². The smallest absolute Gasteiger partial charge is 0.256 e. The van der Waals surface area contributed by atoms with E-state index in [2.05, 4.69) is 27.3 Å². The van der Waals surface area contributed by atoms with Gasteiger partial charge in [-0.1, -0.05) is 6.07 Å². The molecule has 1 aromatic carbocycles. The Bertz CT molecular complexity index is 891. The highest BCUT2D eigenvalue weighted by Gasteiger charge is 2.32. The van der Waals surface area contributed by atoms with Crippen LogP contribution >= 0.6 is 0 Å². The van der Waals surface area contributed by atoms with E-state index < -0.39 is 0 Å². The molecule has 152 valence electrons. The number of benzene rings is 1. The molecule has 0 aliphatic carbocycles. The first-order valence-corrected chi connectivity index (χ1v) is 10.4. The number of rotatable bonds is 2. The number of pyridine rings is 1. The minimum Gasteiger partial charge on any atom is -0.378 e. The SMILES string of the molecule is O=C([C@@H]1CCCCO1)N1Cc2cccnc2Nc2ccc(N3CCOCC3)cc21. The molecule has 29 heavy (non-hydrogen) atoms. The third-order valence-corrected chi connectivity index (χ3v) is 5.84. The first-order chi connectivity index (χ1) is 14.3. The van der Waals surface area contributed by atoms with Gasteiger partial charge in [0.05, 0.1) is 31.1 Å². The van der Waals surface area contributed by atoms with Crippen LogP contribution in [0.15, 0.2) is 36.5 Å². The Morgan fingerprint density at radius 3 is 2.86 bits per heavy atom. The molecular weight excluding hydrogens is 368 g/mol. The fourth-order valence-electron chi connectivity index (χ4n) is 4.24. The molecule has 5 rings (SSSR count). The van der Waals surface area contributed by atoms with Crippen molar-refractivity contribution >= 4 is 28.8 Å². The second kappa shape index (κ2) is 8.00. The van der Waals surface area contributed by atoms with Crippen molar-refractivity contribution in [1.29, 1.82) is 0 Å². The lowest BCUT2D eigenvalue weighted by molar-refractivity contribution is -0.132. The van der Waals surface area contributed by atoms with Crippen molar-refractivity contribution in [3.8, 4) is 0 Å². The monoisotopic (exact) mass is 394 g/mol. The summed E-state index contributed by atoms with van der Waals surface area (Å²) in [7, 11) is 0. The molecule has 0 spiro atoms. The Balaban J connectivity index is 1.54. The number of hydrogen-bond acceptors (Lipinski definition) is 6. The zero-order chi connectivity index (χ0) is 19.6. The zero-order valence-corrected chi connectivity index (χ0v) is 16.5. The molecule has 7 nitrogen and oxygen atoms in total. The first-order valence-electron chi connectivity index (χ1n) is 10.4. The Kier molecular flexibility index (Phi) is 5.08. The molecule has 2 fully saturated rings. The Labute approximate surface area is 170 Å². The van der Waals surface area contributed by atoms with Crippen LogP contribution in [0.3, 0.4) is 0 Å². The minimum absolute atomic E-state index is 0.0311. The molecule has 4 heterocycles. The van der Waals surface area contributed by atoms with E-state index in [0.717, 1.165) is 74.0 Å². The number of carbonyl (C=O) groups excluding carboxylic acids is 1. The van der Waals surface area contributed by atoms with Gasteiger partial charge in [0.15, 0.2) is 0 Å². The zero-order valence-electron chi connectivity index (χ0n) is 16.5. The lowest BCUT2D eigenvalue weighted by Gasteiger charge is -2.32. The molecule has 0 unspecified atom stereocenters. The highest BCUT2D eigenvalue weighted by molar-refractivity contribution is 6.01. The van der Waals surface area contributed by atoms with E-state index in [-0.39, 0.29) is 12.0 Å². The van der Waals surface area contributed by atoms with Gasteiger partial charge in [-0.25, -0.2) is 4.98 Å².